The van der Waals surface area contributed by atoms with Gasteiger partial charge in [-0.15, -0.1) is 0 Å². The number of anilines is 2. The van der Waals surface area contributed by atoms with Gasteiger partial charge in [-0.2, -0.15) is 0 Å². The molecule has 5 nitrogen and oxygen atoms in total. The number of rotatable bonds is 4. The number of nitrogens with one attached hydrogen (secondary N) is 1. The molecule has 1 aliphatic rings. The summed E-state index contributed by atoms with van der Waals surface area (Å²) in [6.07, 6.45) is 3.47. The summed E-state index contributed by atoms with van der Waals surface area (Å²) in [5, 5.41) is 3.26. The fourth-order valence-electron chi connectivity index (χ4n) is 2.35. The third-order valence-electron chi connectivity index (χ3n) is 3.40. The average Bonchev–Trinajstić information content (AvgIpc) is 2.55. The summed E-state index contributed by atoms with van der Waals surface area (Å²) < 4.78 is 6.52. The van der Waals surface area contributed by atoms with Crippen molar-refractivity contribution in [2.75, 3.05) is 36.5 Å². The molecular formula is C15H17BrN4O. The first kappa shape index (κ1) is 14.3. The number of ether oxygens (including phenoxy) is 1. The lowest BCUT2D eigenvalue weighted by Crippen LogP contribution is -2.36. The van der Waals surface area contributed by atoms with Crippen LogP contribution in [-0.4, -0.2) is 36.3 Å². The largest absolute Gasteiger partial charge is 0.378 e. The minimum absolute atomic E-state index is 0.647. The number of aromatic nitrogens is 2. The standard InChI is InChI=1S/C15H17BrN4O/c16-13-3-2-12(11-19-15-17-4-1-5-18-15)14(10-13)20-6-8-21-9-7-20/h1-5,10H,6-9,11H2,(H,17,18,19). The van der Waals surface area contributed by atoms with Crippen molar-refractivity contribution in [3.8, 4) is 0 Å². The molecule has 3 rings (SSSR count). The van der Waals surface area contributed by atoms with Crippen LogP contribution in [0, 0.1) is 0 Å². The van der Waals surface area contributed by atoms with Crippen molar-refractivity contribution in [3.05, 3.63) is 46.7 Å². The summed E-state index contributed by atoms with van der Waals surface area (Å²) in [5.74, 6) is 0.647. The number of halogens is 1. The van der Waals surface area contributed by atoms with Crippen LogP contribution in [0.1, 0.15) is 5.56 Å². The molecule has 1 aliphatic heterocycles. The number of benzene rings is 1. The molecule has 1 saturated heterocycles. The molecule has 2 heterocycles. The van der Waals surface area contributed by atoms with E-state index in [9.17, 15) is 0 Å². The van der Waals surface area contributed by atoms with Crippen LogP contribution in [0.4, 0.5) is 11.6 Å². The molecule has 0 spiro atoms. The number of nitrogens with zero attached hydrogens (tertiary/aromatic N) is 3. The first-order valence-corrected chi connectivity index (χ1v) is 7.74. The monoisotopic (exact) mass is 348 g/mol. The smallest absolute Gasteiger partial charge is 0.222 e. The Morgan fingerprint density at radius 2 is 1.95 bits per heavy atom. The van der Waals surface area contributed by atoms with E-state index in [1.54, 1.807) is 12.4 Å². The van der Waals surface area contributed by atoms with Crippen LogP contribution in [0.15, 0.2) is 41.1 Å². The van der Waals surface area contributed by atoms with Crippen molar-refractivity contribution < 1.29 is 4.74 Å². The van der Waals surface area contributed by atoms with Crippen LogP contribution in [0.5, 0.6) is 0 Å². The highest BCUT2D eigenvalue weighted by molar-refractivity contribution is 9.10. The van der Waals surface area contributed by atoms with E-state index in [0.717, 1.165) is 30.8 Å². The molecule has 1 aromatic heterocycles. The van der Waals surface area contributed by atoms with Crippen molar-refractivity contribution in [1.82, 2.24) is 9.97 Å². The Labute approximate surface area is 132 Å². The molecule has 2 aromatic rings. The zero-order chi connectivity index (χ0) is 14.5. The molecule has 0 amide bonds. The highest BCUT2D eigenvalue weighted by Crippen LogP contribution is 2.26. The van der Waals surface area contributed by atoms with Crippen LogP contribution in [0.25, 0.3) is 0 Å². The lowest BCUT2D eigenvalue weighted by atomic mass is 10.1. The molecule has 6 heteroatoms. The van der Waals surface area contributed by atoms with E-state index in [1.807, 2.05) is 6.07 Å². The first-order valence-electron chi connectivity index (χ1n) is 6.95. The summed E-state index contributed by atoms with van der Waals surface area (Å²) in [5.41, 5.74) is 2.46. The third-order valence-corrected chi connectivity index (χ3v) is 3.90. The van der Waals surface area contributed by atoms with Gasteiger partial charge in [0, 0.05) is 42.2 Å². The molecule has 0 unspecified atom stereocenters. The van der Waals surface area contributed by atoms with E-state index < -0.39 is 0 Å². The fourth-order valence-corrected chi connectivity index (χ4v) is 2.70. The predicted octanol–water partition coefficient (Wildman–Crippen LogP) is 2.69. The second-order valence-corrected chi connectivity index (χ2v) is 5.71. The lowest BCUT2D eigenvalue weighted by molar-refractivity contribution is 0.122. The summed E-state index contributed by atoms with van der Waals surface area (Å²) in [6.45, 7) is 4.10. The van der Waals surface area contributed by atoms with Crippen molar-refractivity contribution >= 4 is 27.6 Å². The van der Waals surface area contributed by atoms with Crippen LogP contribution in [0.3, 0.4) is 0 Å². The van der Waals surface area contributed by atoms with Gasteiger partial charge in [0.1, 0.15) is 0 Å². The van der Waals surface area contributed by atoms with E-state index in [-0.39, 0.29) is 0 Å². The Morgan fingerprint density at radius 1 is 1.19 bits per heavy atom. The van der Waals surface area contributed by atoms with Gasteiger partial charge in [-0.3, -0.25) is 0 Å². The van der Waals surface area contributed by atoms with E-state index in [2.05, 4.69) is 54.3 Å². The second kappa shape index (κ2) is 6.87. The molecule has 0 atom stereocenters. The van der Waals surface area contributed by atoms with E-state index in [4.69, 9.17) is 4.74 Å². The van der Waals surface area contributed by atoms with Gasteiger partial charge in [0.25, 0.3) is 0 Å². The predicted molar refractivity (Wildman–Crippen MR) is 86.5 cm³/mol. The topological polar surface area (TPSA) is 50.3 Å². The first-order chi connectivity index (χ1) is 10.3. The third kappa shape index (κ3) is 3.71. The number of hydrogen-bond acceptors (Lipinski definition) is 5. The fraction of sp³-hybridized carbons (Fsp3) is 0.333. The van der Waals surface area contributed by atoms with Crippen LogP contribution in [-0.2, 0) is 11.3 Å². The molecule has 0 radical (unpaired) electrons. The minimum Gasteiger partial charge on any atom is -0.378 e. The van der Waals surface area contributed by atoms with Gasteiger partial charge >= 0.3 is 0 Å². The summed E-state index contributed by atoms with van der Waals surface area (Å²) >= 11 is 3.56. The van der Waals surface area contributed by atoms with Gasteiger partial charge in [-0.1, -0.05) is 22.0 Å². The van der Waals surface area contributed by atoms with Crippen LogP contribution in [0.2, 0.25) is 0 Å². The highest BCUT2D eigenvalue weighted by atomic mass is 79.9. The summed E-state index contributed by atoms with van der Waals surface area (Å²) in [4.78, 5) is 10.7. The summed E-state index contributed by atoms with van der Waals surface area (Å²) in [6, 6.07) is 8.16. The SMILES string of the molecule is Brc1ccc(CNc2ncccn2)c(N2CCOCC2)c1. The van der Waals surface area contributed by atoms with E-state index in [0.29, 0.717) is 12.5 Å². The van der Waals surface area contributed by atoms with Crippen molar-refractivity contribution in [2.45, 2.75) is 6.54 Å². The molecule has 0 aliphatic carbocycles. The lowest BCUT2D eigenvalue weighted by Gasteiger charge is -2.31. The maximum Gasteiger partial charge on any atom is 0.222 e. The Morgan fingerprint density at radius 3 is 2.71 bits per heavy atom. The molecular weight excluding hydrogens is 332 g/mol. The highest BCUT2D eigenvalue weighted by Gasteiger charge is 2.15. The molecule has 1 aromatic carbocycles. The average molecular weight is 349 g/mol. The maximum absolute atomic E-state index is 5.43. The Hall–Kier alpha value is -1.66. The minimum atomic E-state index is 0.647. The van der Waals surface area contributed by atoms with Gasteiger partial charge in [-0.05, 0) is 23.8 Å². The zero-order valence-electron chi connectivity index (χ0n) is 11.6. The van der Waals surface area contributed by atoms with Crippen LogP contribution < -0.4 is 10.2 Å². The van der Waals surface area contributed by atoms with Crippen LogP contribution >= 0.6 is 15.9 Å². The Bertz CT molecular complexity index is 587. The van der Waals surface area contributed by atoms with Gasteiger partial charge < -0.3 is 15.0 Å². The second-order valence-electron chi connectivity index (χ2n) is 4.80. The van der Waals surface area contributed by atoms with Gasteiger partial charge in [0.15, 0.2) is 0 Å². The van der Waals surface area contributed by atoms with E-state index in [1.165, 1.54) is 11.3 Å². The van der Waals surface area contributed by atoms with E-state index >= 15 is 0 Å². The van der Waals surface area contributed by atoms with Gasteiger partial charge in [0.05, 0.1) is 13.2 Å². The number of morpholine rings is 1. The van der Waals surface area contributed by atoms with Gasteiger partial charge in [-0.25, -0.2) is 9.97 Å². The molecule has 21 heavy (non-hydrogen) atoms. The molecule has 1 fully saturated rings. The Kier molecular flexibility index (Phi) is 4.67. The van der Waals surface area contributed by atoms with Crippen molar-refractivity contribution in [2.24, 2.45) is 0 Å². The Balaban J connectivity index is 1.77. The van der Waals surface area contributed by atoms with Crippen molar-refractivity contribution in [1.29, 1.82) is 0 Å². The quantitative estimate of drug-likeness (QED) is 0.920. The normalized spacial score (nSPS) is 15.0. The zero-order valence-corrected chi connectivity index (χ0v) is 13.2. The molecule has 1 N–H and O–H groups in total. The maximum atomic E-state index is 5.43. The summed E-state index contributed by atoms with van der Waals surface area (Å²) in [7, 11) is 0. The molecule has 0 bridgehead atoms. The van der Waals surface area contributed by atoms with Crippen molar-refractivity contribution in [3.63, 3.8) is 0 Å². The van der Waals surface area contributed by atoms with Gasteiger partial charge in [0.2, 0.25) is 5.95 Å². The number of hydrogen-bond donors (Lipinski definition) is 1. The molecule has 0 saturated carbocycles. The molecule has 110 valence electrons.